The molecule has 0 radical (unpaired) electrons. The van der Waals surface area contributed by atoms with Crippen molar-refractivity contribution in [2.24, 2.45) is 5.16 Å². The lowest BCUT2D eigenvalue weighted by Crippen LogP contribution is -2.24. The van der Waals surface area contributed by atoms with E-state index in [-0.39, 0.29) is 0 Å². The van der Waals surface area contributed by atoms with E-state index in [4.69, 9.17) is 5.21 Å². The first-order chi connectivity index (χ1) is 7.90. The number of oxime groups is 1. The van der Waals surface area contributed by atoms with Crippen LogP contribution < -0.4 is 4.90 Å². The van der Waals surface area contributed by atoms with Crippen molar-refractivity contribution in [3.8, 4) is 0 Å². The average molecular weight is 219 g/mol. The van der Waals surface area contributed by atoms with E-state index < -0.39 is 0 Å². The van der Waals surface area contributed by atoms with Gasteiger partial charge in [0.2, 0.25) is 0 Å². The number of nitrogens with zero attached hydrogens (tertiary/aromatic N) is 3. The van der Waals surface area contributed by atoms with Gasteiger partial charge < -0.3 is 10.1 Å². The minimum absolute atomic E-state index is 0.820. The summed E-state index contributed by atoms with van der Waals surface area (Å²) in [5.74, 6) is 1.02. The molecular formula is C12H17N3O. The smallest absolute Gasteiger partial charge is 0.128 e. The van der Waals surface area contributed by atoms with Gasteiger partial charge >= 0.3 is 0 Å². The lowest BCUT2D eigenvalue weighted by atomic mass is 10.2. The normalized spacial score (nSPS) is 17.6. The Morgan fingerprint density at radius 3 is 2.50 bits per heavy atom. The maximum atomic E-state index is 8.41. The first kappa shape index (κ1) is 10.9. The zero-order valence-electron chi connectivity index (χ0n) is 9.34. The van der Waals surface area contributed by atoms with E-state index in [0.29, 0.717) is 0 Å². The molecule has 4 nitrogen and oxygen atoms in total. The van der Waals surface area contributed by atoms with Crippen molar-refractivity contribution in [1.82, 2.24) is 4.98 Å². The lowest BCUT2D eigenvalue weighted by molar-refractivity contribution is 0.322. The molecule has 4 heteroatoms. The quantitative estimate of drug-likeness (QED) is 0.471. The van der Waals surface area contributed by atoms with Gasteiger partial charge in [0, 0.05) is 24.8 Å². The second-order valence-electron chi connectivity index (χ2n) is 4.10. The van der Waals surface area contributed by atoms with Crippen LogP contribution in [0.4, 0.5) is 5.82 Å². The minimum atomic E-state index is 0.820. The molecule has 86 valence electrons. The van der Waals surface area contributed by atoms with Gasteiger partial charge in [-0.05, 0) is 25.0 Å². The molecule has 0 aromatic carbocycles. The van der Waals surface area contributed by atoms with Crippen molar-refractivity contribution >= 4 is 12.0 Å². The van der Waals surface area contributed by atoms with Gasteiger partial charge in [0.25, 0.3) is 0 Å². The van der Waals surface area contributed by atoms with Crippen LogP contribution in [0.5, 0.6) is 0 Å². The summed E-state index contributed by atoms with van der Waals surface area (Å²) in [5.41, 5.74) is 0.820. The molecule has 0 bridgehead atoms. The Kier molecular flexibility index (Phi) is 3.75. The summed E-state index contributed by atoms with van der Waals surface area (Å²) < 4.78 is 0. The molecule has 0 spiro atoms. The number of hydrogen-bond acceptors (Lipinski definition) is 4. The zero-order chi connectivity index (χ0) is 11.2. The van der Waals surface area contributed by atoms with Crippen LogP contribution in [0.2, 0.25) is 0 Å². The van der Waals surface area contributed by atoms with Crippen LogP contribution >= 0.6 is 0 Å². The van der Waals surface area contributed by atoms with Crippen LogP contribution in [0.15, 0.2) is 23.5 Å². The Morgan fingerprint density at radius 2 is 1.94 bits per heavy atom. The summed E-state index contributed by atoms with van der Waals surface area (Å²) in [6.07, 6.45) is 8.28. The van der Waals surface area contributed by atoms with Crippen molar-refractivity contribution < 1.29 is 5.21 Å². The van der Waals surface area contributed by atoms with Gasteiger partial charge in [-0.3, -0.25) is 0 Å². The van der Waals surface area contributed by atoms with Crippen molar-refractivity contribution in [3.63, 3.8) is 0 Å². The Balaban J connectivity index is 2.07. The number of anilines is 1. The van der Waals surface area contributed by atoms with E-state index in [1.807, 2.05) is 12.1 Å². The monoisotopic (exact) mass is 219 g/mol. The highest BCUT2D eigenvalue weighted by molar-refractivity contribution is 5.78. The van der Waals surface area contributed by atoms with E-state index in [0.717, 1.165) is 24.5 Å². The molecule has 0 atom stereocenters. The highest BCUT2D eigenvalue weighted by atomic mass is 16.4. The number of hydrogen-bond donors (Lipinski definition) is 1. The highest BCUT2D eigenvalue weighted by Gasteiger charge is 2.10. The van der Waals surface area contributed by atoms with Gasteiger partial charge in [-0.25, -0.2) is 4.98 Å². The van der Waals surface area contributed by atoms with Gasteiger partial charge in [-0.2, -0.15) is 0 Å². The molecule has 1 saturated heterocycles. The van der Waals surface area contributed by atoms with E-state index in [2.05, 4.69) is 15.0 Å². The zero-order valence-corrected chi connectivity index (χ0v) is 9.34. The predicted molar refractivity (Wildman–Crippen MR) is 64.3 cm³/mol. The summed E-state index contributed by atoms with van der Waals surface area (Å²) >= 11 is 0. The van der Waals surface area contributed by atoms with Crippen molar-refractivity contribution in [2.45, 2.75) is 25.7 Å². The standard InChI is InChI=1S/C12H17N3O/c16-14-10-11-5-6-12(13-9-11)15-7-3-1-2-4-8-15/h5-6,9-10,16H,1-4,7-8H2/b14-10+. The molecule has 1 aliphatic heterocycles. The average Bonchev–Trinajstić information content (AvgIpc) is 2.59. The van der Waals surface area contributed by atoms with Crippen LogP contribution in [-0.4, -0.2) is 29.5 Å². The molecule has 1 aromatic rings. The highest BCUT2D eigenvalue weighted by Crippen LogP contribution is 2.16. The fraction of sp³-hybridized carbons (Fsp3) is 0.500. The lowest BCUT2D eigenvalue weighted by Gasteiger charge is -2.21. The molecule has 0 aliphatic carbocycles. The molecule has 1 fully saturated rings. The number of rotatable bonds is 2. The third-order valence-corrected chi connectivity index (χ3v) is 2.91. The molecule has 2 heterocycles. The minimum Gasteiger partial charge on any atom is -0.411 e. The van der Waals surface area contributed by atoms with Crippen LogP contribution in [0.25, 0.3) is 0 Å². The van der Waals surface area contributed by atoms with E-state index in [1.165, 1.54) is 31.9 Å². The van der Waals surface area contributed by atoms with Gasteiger partial charge in [0.15, 0.2) is 0 Å². The van der Waals surface area contributed by atoms with Crippen LogP contribution in [0.3, 0.4) is 0 Å². The van der Waals surface area contributed by atoms with Crippen LogP contribution in [-0.2, 0) is 0 Å². The van der Waals surface area contributed by atoms with Crippen LogP contribution in [0, 0.1) is 0 Å². The van der Waals surface area contributed by atoms with Crippen molar-refractivity contribution in [3.05, 3.63) is 23.9 Å². The fourth-order valence-electron chi connectivity index (χ4n) is 2.03. The molecule has 1 N–H and O–H groups in total. The van der Waals surface area contributed by atoms with Gasteiger partial charge in [0.1, 0.15) is 5.82 Å². The first-order valence-electron chi connectivity index (χ1n) is 5.78. The van der Waals surface area contributed by atoms with E-state index in [9.17, 15) is 0 Å². The molecule has 1 aliphatic rings. The largest absolute Gasteiger partial charge is 0.411 e. The summed E-state index contributed by atoms with van der Waals surface area (Å²) in [4.78, 5) is 6.71. The summed E-state index contributed by atoms with van der Waals surface area (Å²) in [5, 5.41) is 11.4. The summed E-state index contributed by atoms with van der Waals surface area (Å²) in [6.45, 7) is 2.20. The molecular weight excluding hydrogens is 202 g/mol. The fourth-order valence-corrected chi connectivity index (χ4v) is 2.03. The first-order valence-corrected chi connectivity index (χ1v) is 5.78. The molecule has 0 unspecified atom stereocenters. The summed E-state index contributed by atoms with van der Waals surface area (Å²) in [6, 6.07) is 3.91. The van der Waals surface area contributed by atoms with Gasteiger partial charge in [-0.15, -0.1) is 0 Å². The molecule has 0 saturated carbocycles. The Hall–Kier alpha value is -1.58. The predicted octanol–water partition coefficient (Wildman–Crippen LogP) is 2.27. The topological polar surface area (TPSA) is 48.7 Å². The molecule has 0 amide bonds. The third kappa shape index (κ3) is 2.72. The SMILES string of the molecule is O/N=C/c1ccc(N2CCCCCC2)nc1. The summed E-state index contributed by atoms with van der Waals surface area (Å²) in [7, 11) is 0. The van der Waals surface area contributed by atoms with E-state index in [1.54, 1.807) is 6.20 Å². The Morgan fingerprint density at radius 1 is 1.19 bits per heavy atom. The molecule has 2 rings (SSSR count). The van der Waals surface area contributed by atoms with Gasteiger partial charge in [0.05, 0.1) is 6.21 Å². The molecule has 16 heavy (non-hydrogen) atoms. The Bertz CT molecular complexity index is 340. The third-order valence-electron chi connectivity index (χ3n) is 2.91. The van der Waals surface area contributed by atoms with Crippen molar-refractivity contribution in [1.29, 1.82) is 0 Å². The molecule has 1 aromatic heterocycles. The second kappa shape index (κ2) is 5.49. The number of pyridine rings is 1. The van der Waals surface area contributed by atoms with Gasteiger partial charge in [-0.1, -0.05) is 18.0 Å². The van der Waals surface area contributed by atoms with E-state index >= 15 is 0 Å². The Labute approximate surface area is 95.6 Å². The van der Waals surface area contributed by atoms with Crippen molar-refractivity contribution in [2.75, 3.05) is 18.0 Å². The maximum Gasteiger partial charge on any atom is 0.128 e. The maximum absolute atomic E-state index is 8.41. The van der Waals surface area contributed by atoms with Crippen LogP contribution in [0.1, 0.15) is 31.2 Å². The number of aromatic nitrogens is 1. The second-order valence-corrected chi connectivity index (χ2v) is 4.10.